The molecule has 1 unspecified atom stereocenters. The lowest BCUT2D eigenvalue weighted by Crippen LogP contribution is -2.24. The van der Waals surface area contributed by atoms with Gasteiger partial charge in [0, 0.05) is 5.69 Å². The Morgan fingerprint density at radius 2 is 2.33 bits per heavy atom. The summed E-state index contributed by atoms with van der Waals surface area (Å²) in [4.78, 5) is 15.6. The van der Waals surface area contributed by atoms with E-state index in [4.69, 9.17) is 5.73 Å². The van der Waals surface area contributed by atoms with Crippen LogP contribution in [-0.4, -0.2) is 20.7 Å². The Balaban J connectivity index is 2.14. The molecule has 94 valence electrons. The van der Waals surface area contributed by atoms with Crippen LogP contribution in [0.15, 0.2) is 30.9 Å². The number of nitrogens with two attached hydrogens (primary N) is 1. The zero-order valence-electron chi connectivity index (χ0n) is 9.67. The van der Waals surface area contributed by atoms with Gasteiger partial charge >= 0.3 is 0 Å². The number of anilines is 2. The molecule has 1 aromatic carbocycles. The average molecular weight is 249 g/mol. The lowest BCUT2D eigenvalue weighted by Gasteiger charge is -2.12. The van der Waals surface area contributed by atoms with Gasteiger partial charge in [-0.1, -0.05) is 0 Å². The average Bonchev–Trinajstić information content (AvgIpc) is 2.86. The number of halogens is 1. The molecule has 0 aliphatic rings. The minimum Gasteiger partial charge on any atom is -0.399 e. The third-order valence-corrected chi connectivity index (χ3v) is 2.46. The van der Waals surface area contributed by atoms with Crippen LogP contribution in [0, 0.1) is 5.82 Å². The monoisotopic (exact) mass is 249 g/mol. The smallest absolute Gasteiger partial charge is 0.249 e. The molecule has 0 aliphatic carbocycles. The second kappa shape index (κ2) is 4.82. The molecule has 0 fully saturated rings. The molecule has 7 heteroatoms. The topological polar surface area (TPSA) is 85.8 Å². The Labute approximate surface area is 103 Å². The van der Waals surface area contributed by atoms with Crippen LogP contribution in [-0.2, 0) is 4.79 Å². The van der Waals surface area contributed by atoms with Crippen molar-refractivity contribution in [2.75, 3.05) is 11.1 Å². The van der Waals surface area contributed by atoms with E-state index in [0.717, 1.165) is 0 Å². The van der Waals surface area contributed by atoms with E-state index in [2.05, 4.69) is 15.4 Å². The second-order valence-corrected chi connectivity index (χ2v) is 3.78. The summed E-state index contributed by atoms with van der Waals surface area (Å²) in [6.45, 7) is 1.63. The fourth-order valence-electron chi connectivity index (χ4n) is 1.41. The van der Waals surface area contributed by atoms with Crippen molar-refractivity contribution < 1.29 is 9.18 Å². The van der Waals surface area contributed by atoms with E-state index in [0.29, 0.717) is 5.69 Å². The molecule has 2 rings (SSSR count). The summed E-state index contributed by atoms with van der Waals surface area (Å²) in [6, 6.07) is 3.39. The summed E-state index contributed by atoms with van der Waals surface area (Å²) in [5, 5.41) is 6.30. The summed E-state index contributed by atoms with van der Waals surface area (Å²) in [7, 11) is 0. The highest BCUT2D eigenvalue weighted by molar-refractivity contribution is 5.93. The number of hydrogen-bond donors (Lipinski definition) is 2. The summed E-state index contributed by atoms with van der Waals surface area (Å²) in [5.74, 6) is -0.937. The Hall–Kier alpha value is -2.44. The molecular formula is C11H12FN5O. The minimum atomic E-state index is -0.590. The van der Waals surface area contributed by atoms with Gasteiger partial charge in [0.05, 0.1) is 5.69 Å². The molecule has 0 radical (unpaired) electrons. The molecular weight excluding hydrogens is 237 g/mol. The molecule has 0 aliphatic heterocycles. The second-order valence-electron chi connectivity index (χ2n) is 3.78. The Kier molecular flexibility index (Phi) is 3.22. The first-order valence-corrected chi connectivity index (χ1v) is 5.28. The Morgan fingerprint density at radius 3 is 3.00 bits per heavy atom. The first kappa shape index (κ1) is 12.0. The van der Waals surface area contributed by atoms with Gasteiger partial charge in [0.25, 0.3) is 0 Å². The van der Waals surface area contributed by atoms with Crippen LogP contribution >= 0.6 is 0 Å². The van der Waals surface area contributed by atoms with Crippen LogP contribution in [0.25, 0.3) is 0 Å². The van der Waals surface area contributed by atoms with Gasteiger partial charge in [0.15, 0.2) is 0 Å². The van der Waals surface area contributed by atoms with E-state index in [9.17, 15) is 9.18 Å². The molecule has 0 saturated heterocycles. The quantitative estimate of drug-likeness (QED) is 0.800. The number of nitrogens with zero attached hydrogens (tertiary/aromatic N) is 3. The number of hydrogen-bond acceptors (Lipinski definition) is 4. The van der Waals surface area contributed by atoms with Gasteiger partial charge in [-0.25, -0.2) is 14.1 Å². The van der Waals surface area contributed by atoms with Crippen LogP contribution in [0.3, 0.4) is 0 Å². The number of aromatic nitrogens is 3. The molecule has 18 heavy (non-hydrogen) atoms. The number of nitrogen functional groups attached to an aromatic ring is 1. The van der Waals surface area contributed by atoms with E-state index in [1.165, 1.54) is 35.5 Å². The van der Waals surface area contributed by atoms with Gasteiger partial charge in [0.1, 0.15) is 24.5 Å². The number of amides is 1. The van der Waals surface area contributed by atoms with E-state index >= 15 is 0 Å². The van der Waals surface area contributed by atoms with E-state index in [1.807, 2.05) is 0 Å². The Morgan fingerprint density at radius 1 is 1.56 bits per heavy atom. The number of carbonyl (C=O) groups is 1. The first-order chi connectivity index (χ1) is 8.58. The lowest BCUT2D eigenvalue weighted by molar-refractivity contribution is -0.119. The molecule has 0 spiro atoms. The highest BCUT2D eigenvalue weighted by Gasteiger charge is 2.17. The SMILES string of the molecule is CC(C(=O)Nc1cc(N)ccc1F)n1cncn1. The predicted octanol–water partition coefficient (Wildman–Crippen LogP) is 1.20. The predicted molar refractivity (Wildman–Crippen MR) is 64.2 cm³/mol. The molecule has 1 amide bonds. The molecule has 6 nitrogen and oxygen atoms in total. The van der Waals surface area contributed by atoms with Gasteiger partial charge in [-0.3, -0.25) is 4.79 Å². The summed E-state index contributed by atoms with van der Waals surface area (Å²) in [6.07, 6.45) is 2.74. The van der Waals surface area contributed by atoms with Crippen LogP contribution in [0.4, 0.5) is 15.8 Å². The molecule has 1 heterocycles. The largest absolute Gasteiger partial charge is 0.399 e. The van der Waals surface area contributed by atoms with Crippen LogP contribution in [0.1, 0.15) is 13.0 Å². The zero-order chi connectivity index (χ0) is 13.1. The zero-order valence-corrected chi connectivity index (χ0v) is 9.67. The third kappa shape index (κ3) is 2.45. The van der Waals surface area contributed by atoms with Crippen molar-refractivity contribution in [3.05, 3.63) is 36.7 Å². The lowest BCUT2D eigenvalue weighted by atomic mass is 10.2. The standard InChI is InChI=1S/C11H12FN5O/c1-7(17-6-14-5-15-17)11(18)16-10-4-8(13)2-3-9(10)12/h2-7H,13H2,1H3,(H,16,18). The highest BCUT2D eigenvalue weighted by Crippen LogP contribution is 2.18. The molecule has 0 saturated carbocycles. The molecule has 0 bridgehead atoms. The van der Waals surface area contributed by atoms with Crippen LogP contribution in [0.2, 0.25) is 0 Å². The molecule has 3 N–H and O–H groups in total. The fourth-order valence-corrected chi connectivity index (χ4v) is 1.41. The highest BCUT2D eigenvalue weighted by atomic mass is 19.1. The van der Waals surface area contributed by atoms with Crippen LogP contribution in [0.5, 0.6) is 0 Å². The van der Waals surface area contributed by atoms with Gasteiger partial charge in [-0.2, -0.15) is 5.10 Å². The Bertz CT molecular complexity index is 555. The van der Waals surface area contributed by atoms with E-state index in [1.54, 1.807) is 6.92 Å². The third-order valence-electron chi connectivity index (χ3n) is 2.46. The van der Waals surface area contributed by atoms with Crippen molar-refractivity contribution in [2.24, 2.45) is 0 Å². The number of nitrogens with one attached hydrogen (secondary N) is 1. The van der Waals surface area contributed by atoms with Crippen molar-refractivity contribution in [3.8, 4) is 0 Å². The van der Waals surface area contributed by atoms with Gasteiger partial charge in [0.2, 0.25) is 5.91 Å². The molecule has 2 aromatic rings. The summed E-state index contributed by atoms with van der Waals surface area (Å²) in [5.41, 5.74) is 5.95. The fraction of sp³-hybridized carbons (Fsp3) is 0.182. The van der Waals surface area contributed by atoms with E-state index < -0.39 is 17.8 Å². The first-order valence-electron chi connectivity index (χ1n) is 5.28. The number of benzene rings is 1. The minimum absolute atomic E-state index is 0.0481. The van der Waals surface area contributed by atoms with Crippen molar-refractivity contribution >= 4 is 17.3 Å². The van der Waals surface area contributed by atoms with Crippen molar-refractivity contribution in [1.29, 1.82) is 0 Å². The molecule has 1 aromatic heterocycles. The van der Waals surface area contributed by atoms with Gasteiger partial charge < -0.3 is 11.1 Å². The van der Waals surface area contributed by atoms with Crippen molar-refractivity contribution in [1.82, 2.24) is 14.8 Å². The summed E-state index contributed by atoms with van der Waals surface area (Å²) >= 11 is 0. The van der Waals surface area contributed by atoms with Gasteiger partial charge in [-0.15, -0.1) is 0 Å². The number of carbonyl (C=O) groups excluding carboxylic acids is 1. The van der Waals surface area contributed by atoms with Crippen molar-refractivity contribution in [3.63, 3.8) is 0 Å². The maximum Gasteiger partial charge on any atom is 0.249 e. The number of rotatable bonds is 3. The van der Waals surface area contributed by atoms with E-state index in [-0.39, 0.29) is 5.69 Å². The molecule has 1 atom stereocenters. The van der Waals surface area contributed by atoms with Gasteiger partial charge in [-0.05, 0) is 25.1 Å². The summed E-state index contributed by atoms with van der Waals surface area (Å²) < 4.78 is 14.8. The maximum absolute atomic E-state index is 13.4. The normalized spacial score (nSPS) is 12.1. The van der Waals surface area contributed by atoms with Crippen LogP contribution < -0.4 is 11.1 Å². The van der Waals surface area contributed by atoms with Crippen molar-refractivity contribution in [2.45, 2.75) is 13.0 Å². The maximum atomic E-state index is 13.4.